The molecule has 2 aromatic rings. The van der Waals surface area contributed by atoms with E-state index in [4.69, 9.17) is 0 Å². The average Bonchev–Trinajstić information content (AvgIpc) is 2.37. The highest BCUT2D eigenvalue weighted by Crippen LogP contribution is 2.37. The summed E-state index contributed by atoms with van der Waals surface area (Å²) < 4.78 is 0. The van der Waals surface area contributed by atoms with Crippen molar-refractivity contribution >= 4 is 11.4 Å². The van der Waals surface area contributed by atoms with Crippen molar-refractivity contribution < 1.29 is 5.11 Å². The summed E-state index contributed by atoms with van der Waals surface area (Å²) in [5.74, 6) is 0.182. The molecule has 0 saturated carbocycles. The van der Waals surface area contributed by atoms with Crippen molar-refractivity contribution in [3.8, 4) is 11.3 Å². The fourth-order valence-corrected chi connectivity index (χ4v) is 1.89. The van der Waals surface area contributed by atoms with Gasteiger partial charge in [0.2, 0.25) is 0 Å². The van der Waals surface area contributed by atoms with E-state index in [9.17, 15) is 5.11 Å². The van der Waals surface area contributed by atoms with Gasteiger partial charge < -0.3 is 10.4 Å². The molecule has 1 aliphatic heterocycles. The monoisotopic (exact) mass is 226 g/mol. The van der Waals surface area contributed by atoms with Crippen LogP contribution in [-0.2, 0) is 0 Å². The Morgan fingerprint density at radius 2 is 2.06 bits per heavy atom. The number of aromatic nitrogens is 3. The van der Waals surface area contributed by atoms with Gasteiger partial charge in [0.05, 0.1) is 0 Å². The molecule has 2 heterocycles. The summed E-state index contributed by atoms with van der Waals surface area (Å²) >= 11 is 0. The molecule has 0 unspecified atom stereocenters. The Morgan fingerprint density at radius 3 is 2.88 bits per heavy atom. The Kier molecular flexibility index (Phi) is 2.04. The molecule has 1 aromatic heterocycles. The summed E-state index contributed by atoms with van der Waals surface area (Å²) in [6, 6.07) is 7.72. The second-order valence-corrected chi connectivity index (χ2v) is 3.79. The minimum absolute atomic E-state index is 0.182. The number of hydrogen-bond acceptors (Lipinski definition) is 5. The van der Waals surface area contributed by atoms with Gasteiger partial charge in [0.1, 0.15) is 29.2 Å². The van der Waals surface area contributed by atoms with Gasteiger partial charge in [-0.25, -0.2) is 4.98 Å². The van der Waals surface area contributed by atoms with Crippen LogP contribution in [-0.4, -0.2) is 20.3 Å². The first-order chi connectivity index (χ1) is 8.27. The standard InChI is InChI=1S/C12H10N4O/c1-7(17)10-12-11(16-14-6-13-12)8-4-2-3-5-9(8)15-10/h2-6,15,17H,1H3. The van der Waals surface area contributed by atoms with E-state index < -0.39 is 0 Å². The molecular formula is C12H10N4O. The Labute approximate surface area is 97.9 Å². The number of aliphatic hydroxyl groups is 1. The van der Waals surface area contributed by atoms with Crippen LogP contribution in [0.2, 0.25) is 0 Å². The smallest absolute Gasteiger partial charge is 0.138 e. The van der Waals surface area contributed by atoms with Crippen LogP contribution in [0.4, 0.5) is 5.69 Å². The fraction of sp³-hybridized carbons (Fsp3) is 0.0833. The largest absolute Gasteiger partial charge is 0.510 e. The summed E-state index contributed by atoms with van der Waals surface area (Å²) in [7, 11) is 0. The van der Waals surface area contributed by atoms with Crippen LogP contribution in [0, 0.1) is 0 Å². The van der Waals surface area contributed by atoms with Crippen LogP contribution in [0.5, 0.6) is 0 Å². The molecule has 3 rings (SSSR count). The number of fused-ring (bicyclic) bond motifs is 3. The lowest BCUT2D eigenvalue weighted by Crippen LogP contribution is -2.13. The maximum atomic E-state index is 9.68. The first-order valence-electron chi connectivity index (χ1n) is 5.21. The number of hydrogen-bond donors (Lipinski definition) is 2. The number of nitrogens with zero attached hydrogens (tertiary/aromatic N) is 3. The van der Waals surface area contributed by atoms with Crippen LogP contribution in [0.15, 0.2) is 36.4 Å². The van der Waals surface area contributed by atoms with Crippen molar-refractivity contribution in [3.63, 3.8) is 0 Å². The number of benzene rings is 1. The van der Waals surface area contributed by atoms with Gasteiger partial charge in [-0.15, -0.1) is 10.2 Å². The molecule has 2 N–H and O–H groups in total. The molecule has 0 amide bonds. The summed E-state index contributed by atoms with van der Waals surface area (Å²) in [4.78, 5) is 4.17. The first kappa shape index (κ1) is 9.77. The topological polar surface area (TPSA) is 70.9 Å². The fourth-order valence-electron chi connectivity index (χ4n) is 1.89. The molecule has 17 heavy (non-hydrogen) atoms. The van der Waals surface area contributed by atoms with E-state index in [-0.39, 0.29) is 5.76 Å². The summed E-state index contributed by atoms with van der Waals surface area (Å²) in [5, 5.41) is 20.7. The van der Waals surface area contributed by atoms with Gasteiger partial charge in [-0.2, -0.15) is 0 Å². The van der Waals surface area contributed by atoms with Crippen molar-refractivity contribution in [1.82, 2.24) is 15.2 Å². The molecular weight excluding hydrogens is 216 g/mol. The van der Waals surface area contributed by atoms with Gasteiger partial charge in [-0.1, -0.05) is 18.2 Å². The molecule has 1 aromatic carbocycles. The molecule has 5 heteroatoms. The molecule has 0 radical (unpaired) electrons. The van der Waals surface area contributed by atoms with E-state index in [1.807, 2.05) is 24.3 Å². The Hall–Kier alpha value is -2.43. The lowest BCUT2D eigenvalue weighted by molar-refractivity contribution is 0.416. The van der Waals surface area contributed by atoms with E-state index in [1.54, 1.807) is 6.92 Å². The molecule has 0 atom stereocenters. The number of rotatable bonds is 0. The Bertz CT molecular complexity index is 617. The van der Waals surface area contributed by atoms with E-state index in [2.05, 4.69) is 20.5 Å². The van der Waals surface area contributed by atoms with Gasteiger partial charge in [-0.05, 0) is 13.0 Å². The van der Waals surface area contributed by atoms with Gasteiger partial charge in [0.25, 0.3) is 0 Å². The summed E-state index contributed by atoms with van der Waals surface area (Å²) in [5.41, 5.74) is 3.72. The minimum Gasteiger partial charge on any atom is -0.510 e. The van der Waals surface area contributed by atoms with Crippen molar-refractivity contribution in [2.45, 2.75) is 6.92 Å². The van der Waals surface area contributed by atoms with Crippen LogP contribution in [0.3, 0.4) is 0 Å². The Balaban J connectivity index is 2.34. The highest BCUT2D eigenvalue weighted by Gasteiger charge is 2.23. The van der Waals surface area contributed by atoms with Crippen molar-refractivity contribution in [2.75, 3.05) is 5.32 Å². The third-order valence-corrected chi connectivity index (χ3v) is 2.66. The number of anilines is 1. The normalized spacial score (nSPS) is 15.6. The molecule has 84 valence electrons. The molecule has 0 spiro atoms. The van der Waals surface area contributed by atoms with Crippen molar-refractivity contribution in [2.24, 2.45) is 0 Å². The highest BCUT2D eigenvalue weighted by molar-refractivity contribution is 5.94. The zero-order valence-corrected chi connectivity index (χ0v) is 9.18. The van der Waals surface area contributed by atoms with Crippen LogP contribution >= 0.6 is 0 Å². The maximum Gasteiger partial charge on any atom is 0.138 e. The van der Waals surface area contributed by atoms with E-state index in [0.717, 1.165) is 11.3 Å². The van der Waals surface area contributed by atoms with Crippen LogP contribution in [0.1, 0.15) is 12.6 Å². The maximum absolute atomic E-state index is 9.68. The second kappa shape index (κ2) is 3.55. The molecule has 0 bridgehead atoms. The highest BCUT2D eigenvalue weighted by atomic mass is 16.3. The van der Waals surface area contributed by atoms with Gasteiger partial charge >= 0.3 is 0 Å². The van der Waals surface area contributed by atoms with E-state index >= 15 is 0 Å². The molecule has 5 nitrogen and oxygen atoms in total. The predicted octanol–water partition coefficient (Wildman–Crippen LogP) is 2.21. The Morgan fingerprint density at radius 1 is 1.24 bits per heavy atom. The number of allylic oxidation sites excluding steroid dienone is 1. The second-order valence-electron chi connectivity index (χ2n) is 3.79. The number of para-hydroxylation sites is 1. The molecule has 0 saturated heterocycles. The lowest BCUT2D eigenvalue weighted by atomic mass is 10.0. The van der Waals surface area contributed by atoms with Crippen LogP contribution < -0.4 is 5.32 Å². The first-order valence-corrected chi connectivity index (χ1v) is 5.21. The van der Waals surface area contributed by atoms with Gasteiger partial charge in [-0.3, -0.25) is 0 Å². The minimum atomic E-state index is 0.182. The molecule has 0 aliphatic carbocycles. The molecule has 0 fully saturated rings. The lowest BCUT2D eigenvalue weighted by Gasteiger charge is -2.21. The van der Waals surface area contributed by atoms with Crippen molar-refractivity contribution in [1.29, 1.82) is 0 Å². The van der Waals surface area contributed by atoms with Crippen LogP contribution in [0.25, 0.3) is 17.0 Å². The summed E-state index contributed by atoms with van der Waals surface area (Å²) in [6.45, 7) is 1.61. The van der Waals surface area contributed by atoms with E-state index in [1.165, 1.54) is 6.33 Å². The zero-order chi connectivity index (χ0) is 11.8. The number of aliphatic hydroxyl groups excluding tert-OH is 1. The third kappa shape index (κ3) is 1.44. The molecule has 1 aliphatic rings. The van der Waals surface area contributed by atoms with Gasteiger partial charge in [0.15, 0.2) is 0 Å². The zero-order valence-electron chi connectivity index (χ0n) is 9.18. The quantitative estimate of drug-likeness (QED) is 0.674. The van der Waals surface area contributed by atoms with Gasteiger partial charge in [0, 0.05) is 11.3 Å². The SMILES string of the molecule is CC(O)=C1Nc2ccccc2-c2nncnc21. The van der Waals surface area contributed by atoms with E-state index in [0.29, 0.717) is 17.1 Å². The average molecular weight is 226 g/mol. The van der Waals surface area contributed by atoms with Crippen molar-refractivity contribution in [3.05, 3.63) is 42.0 Å². The number of nitrogens with one attached hydrogen (secondary N) is 1. The predicted molar refractivity (Wildman–Crippen MR) is 64.1 cm³/mol. The summed E-state index contributed by atoms with van der Waals surface area (Å²) in [6.07, 6.45) is 1.37. The third-order valence-electron chi connectivity index (χ3n) is 2.66.